The average molecular weight is 329 g/mol. The van der Waals surface area contributed by atoms with Gasteiger partial charge in [0.15, 0.2) is 5.78 Å². The molecule has 0 aliphatic heterocycles. The summed E-state index contributed by atoms with van der Waals surface area (Å²) in [4.78, 5) is 29.5. The molecule has 0 aromatic carbocycles. The van der Waals surface area contributed by atoms with Crippen LogP contribution in [0.1, 0.15) is 70.8 Å². The van der Waals surface area contributed by atoms with Gasteiger partial charge >= 0.3 is 0 Å². The molecule has 2 aromatic heterocycles. The van der Waals surface area contributed by atoms with Gasteiger partial charge in [-0.2, -0.15) is 0 Å². The van der Waals surface area contributed by atoms with E-state index in [0.29, 0.717) is 35.5 Å². The number of rotatable bonds is 4. The lowest BCUT2D eigenvalue weighted by Gasteiger charge is -2.22. The molecule has 1 unspecified atom stereocenters. The van der Waals surface area contributed by atoms with Gasteiger partial charge in [0.2, 0.25) is 0 Å². The fourth-order valence-electron chi connectivity index (χ4n) is 3.30. The van der Waals surface area contributed by atoms with Crippen LogP contribution in [0.4, 0.5) is 0 Å². The molecule has 2 aromatic rings. The standard InChI is InChI=1S/C18H23N3O3/c1-10(2)16(17-19-8-9-21(17)4)20-18(23)14-11(3)24-13-7-5-6-12(22)15(13)14/h8-10,16H,5-7H2,1-4H3,(H,20,23). The number of carbonyl (C=O) groups is 2. The van der Waals surface area contributed by atoms with E-state index in [1.54, 1.807) is 13.1 Å². The summed E-state index contributed by atoms with van der Waals surface area (Å²) in [6.07, 6.45) is 5.53. The summed E-state index contributed by atoms with van der Waals surface area (Å²) in [5.74, 6) is 1.83. The molecule has 1 aliphatic rings. The zero-order valence-electron chi connectivity index (χ0n) is 14.5. The first-order valence-corrected chi connectivity index (χ1v) is 8.33. The Morgan fingerprint density at radius 3 is 2.75 bits per heavy atom. The van der Waals surface area contributed by atoms with Crippen molar-refractivity contribution >= 4 is 11.7 Å². The lowest BCUT2D eigenvalue weighted by Crippen LogP contribution is -2.34. The molecule has 1 amide bonds. The zero-order chi connectivity index (χ0) is 17.4. The van der Waals surface area contributed by atoms with Crippen molar-refractivity contribution < 1.29 is 14.0 Å². The highest BCUT2D eigenvalue weighted by Gasteiger charge is 2.32. The Balaban J connectivity index is 1.94. The maximum absolute atomic E-state index is 12.9. The van der Waals surface area contributed by atoms with Crippen LogP contribution in [0, 0.1) is 12.8 Å². The Bertz CT molecular complexity index is 786. The van der Waals surface area contributed by atoms with Gasteiger partial charge in [-0.3, -0.25) is 9.59 Å². The highest BCUT2D eigenvalue weighted by molar-refractivity contribution is 6.10. The molecular formula is C18H23N3O3. The summed E-state index contributed by atoms with van der Waals surface area (Å²) in [6.45, 7) is 5.80. The molecule has 3 rings (SSSR count). The number of nitrogens with one attached hydrogen (secondary N) is 1. The third-order valence-electron chi connectivity index (χ3n) is 4.56. The largest absolute Gasteiger partial charge is 0.465 e. The minimum atomic E-state index is -0.269. The van der Waals surface area contributed by atoms with Crippen LogP contribution in [-0.2, 0) is 13.5 Å². The predicted octanol–water partition coefficient (Wildman–Crippen LogP) is 2.97. The predicted molar refractivity (Wildman–Crippen MR) is 89.0 cm³/mol. The number of fused-ring (bicyclic) bond motifs is 1. The summed E-state index contributed by atoms with van der Waals surface area (Å²) in [7, 11) is 1.90. The van der Waals surface area contributed by atoms with Gasteiger partial charge in [-0.15, -0.1) is 0 Å². The number of imidazole rings is 1. The molecule has 1 N–H and O–H groups in total. The monoisotopic (exact) mass is 329 g/mol. The lowest BCUT2D eigenvalue weighted by molar-refractivity contribution is 0.0904. The van der Waals surface area contributed by atoms with Crippen molar-refractivity contribution in [3.63, 3.8) is 0 Å². The molecule has 24 heavy (non-hydrogen) atoms. The van der Waals surface area contributed by atoms with Gasteiger partial charge in [0.25, 0.3) is 5.91 Å². The second kappa shape index (κ2) is 6.26. The van der Waals surface area contributed by atoms with E-state index in [4.69, 9.17) is 4.42 Å². The molecule has 0 saturated heterocycles. The average Bonchev–Trinajstić information content (AvgIpc) is 3.08. The Morgan fingerprint density at radius 1 is 1.38 bits per heavy atom. The van der Waals surface area contributed by atoms with E-state index in [-0.39, 0.29) is 23.7 Å². The van der Waals surface area contributed by atoms with Gasteiger partial charge in [0.1, 0.15) is 17.3 Å². The van der Waals surface area contributed by atoms with Crippen LogP contribution in [0.25, 0.3) is 0 Å². The van der Waals surface area contributed by atoms with Gasteiger partial charge in [0, 0.05) is 32.3 Å². The molecule has 1 atom stereocenters. The zero-order valence-corrected chi connectivity index (χ0v) is 14.5. The van der Waals surface area contributed by atoms with Crippen molar-refractivity contribution in [2.45, 2.75) is 46.1 Å². The second-order valence-electron chi connectivity index (χ2n) is 6.70. The van der Waals surface area contributed by atoms with E-state index in [1.807, 2.05) is 31.7 Å². The molecule has 1 aliphatic carbocycles. The molecule has 0 saturated carbocycles. The SMILES string of the molecule is Cc1oc2c(c1C(=O)NC(c1nccn1C)C(C)C)C(=O)CCC2. The van der Waals surface area contributed by atoms with Crippen molar-refractivity contribution in [1.29, 1.82) is 0 Å². The highest BCUT2D eigenvalue weighted by Crippen LogP contribution is 2.30. The number of Topliss-reactive ketones (excluding diaryl/α,β-unsaturated/α-hetero) is 1. The third kappa shape index (κ3) is 2.77. The Hall–Kier alpha value is -2.37. The summed E-state index contributed by atoms with van der Waals surface area (Å²) in [5, 5.41) is 3.04. The number of furan rings is 1. The topological polar surface area (TPSA) is 77.1 Å². The lowest BCUT2D eigenvalue weighted by atomic mass is 9.92. The number of hydrogen-bond donors (Lipinski definition) is 1. The summed E-state index contributed by atoms with van der Waals surface area (Å²) in [6, 6.07) is -0.235. The molecule has 0 radical (unpaired) electrons. The van der Waals surface area contributed by atoms with E-state index in [0.717, 1.165) is 12.2 Å². The van der Waals surface area contributed by atoms with Crippen molar-refractivity contribution in [2.75, 3.05) is 0 Å². The van der Waals surface area contributed by atoms with E-state index < -0.39 is 0 Å². The molecule has 6 heteroatoms. The van der Waals surface area contributed by atoms with E-state index in [2.05, 4.69) is 10.3 Å². The van der Waals surface area contributed by atoms with Crippen molar-refractivity contribution in [3.8, 4) is 0 Å². The van der Waals surface area contributed by atoms with Gasteiger partial charge < -0.3 is 14.3 Å². The smallest absolute Gasteiger partial charge is 0.256 e. The second-order valence-corrected chi connectivity index (χ2v) is 6.70. The Morgan fingerprint density at radius 2 is 2.12 bits per heavy atom. The van der Waals surface area contributed by atoms with Gasteiger partial charge in [-0.05, 0) is 19.3 Å². The van der Waals surface area contributed by atoms with E-state index in [1.165, 1.54) is 0 Å². The molecule has 0 bridgehead atoms. The fraction of sp³-hybridized carbons (Fsp3) is 0.500. The summed E-state index contributed by atoms with van der Waals surface area (Å²) >= 11 is 0. The Labute approximate surface area is 141 Å². The van der Waals surface area contributed by atoms with Crippen LogP contribution in [0.2, 0.25) is 0 Å². The minimum Gasteiger partial charge on any atom is -0.465 e. The van der Waals surface area contributed by atoms with Gasteiger partial charge in [-0.1, -0.05) is 13.8 Å². The molecule has 0 fully saturated rings. The number of carbonyl (C=O) groups excluding carboxylic acids is 2. The first kappa shape index (κ1) is 16.5. The highest BCUT2D eigenvalue weighted by atomic mass is 16.3. The van der Waals surface area contributed by atoms with Crippen LogP contribution in [0.15, 0.2) is 16.8 Å². The molecule has 2 heterocycles. The van der Waals surface area contributed by atoms with E-state index >= 15 is 0 Å². The quantitative estimate of drug-likeness (QED) is 0.935. The van der Waals surface area contributed by atoms with Crippen LogP contribution < -0.4 is 5.32 Å². The number of hydrogen-bond acceptors (Lipinski definition) is 4. The number of amides is 1. The number of aromatic nitrogens is 2. The summed E-state index contributed by atoms with van der Waals surface area (Å²) < 4.78 is 7.58. The first-order chi connectivity index (χ1) is 11.4. The van der Waals surface area contributed by atoms with Gasteiger partial charge in [0.05, 0.1) is 17.2 Å². The maximum Gasteiger partial charge on any atom is 0.256 e. The minimum absolute atomic E-state index is 0.00339. The fourth-order valence-corrected chi connectivity index (χ4v) is 3.30. The Kier molecular flexibility index (Phi) is 4.30. The van der Waals surface area contributed by atoms with Crippen molar-refractivity contribution in [1.82, 2.24) is 14.9 Å². The maximum atomic E-state index is 12.9. The summed E-state index contributed by atoms with van der Waals surface area (Å²) in [5.41, 5.74) is 0.855. The third-order valence-corrected chi connectivity index (χ3v) is 4.56. The van der Waals surface area contributed by atoms with Gasteiger partial charge in [-0.25, -0.2) is 4.98 Å². The van der Waals surface area contributed by atoms with Crippen LogP contribution in [0.3, 0.4) is 0 Å². The number of aryl methyl sites for hydroxylation is 3. The van der Waals surface area contributed by atoms with Crippen LogP contribution >= 0.6 is 0 Å². The van der Waals surface area contributed by atoms with E-state index in [9.17, 15) is 9.59 Å². The molecule has 0 spiro atoms. The number of nitrogens with zero attached hydrogens (tertiary/aromatic N) is 2. The van der Waals surface area contributed by atoms with Crippen LogP contribution in [0.5, 0.6) is 0 Å². The normalized spacial score (nSPS) is 15.5. The first-order valence-electron chi connectivity index (χ1n) is 8.33. The van der Waals surface area contributed by atoms with Crippen LogP contribution in [-0.4, -0.2) is 21.2 Å². The molecule has 128 valence electrons. The molecule has 6 nitrogen and oxygen atoms in total. The number of ketones is 1. The van der Waals surface area contributed by atoms with Crippen molar-refractivity contribution in [3.05, 3.63) is 40.9 Å². The molecular weight excluding hydrogens is 306 g/mol. The van der Waals surface area contributed by atoms with Crippen molar-refractivity contribution in [2.24, 2.45) is 13.0 Å².